The van der Waals surface area contributed by atoms with E-state index in [0.29, 0.717) is 18.2 Å². The Kier molecular flexibility index (Phi) is 9.94. The van der Waals surface area contributed by atoms with Gasteiger partial charge in [0.25, 0.3) is 0 Å². The number of ether oxygens (including phenoxy) is 1. The van der Waals surface area contributed by atoms with Gasteiger partial charge >= 0.3 is 0 Å². The number of hydrogen-bond acceptors (Lipinski definition) is 5. The van der Waals surface area contributed by atoms with Crippen LogP contribution in [0.4, 0.5) is 0 Å². The number of halogens is 2. The number of Topliss-reactive ketones (excluding diaryl/α,β-unsaturated/α-hetero) is 1. The maximum atomic E-state index is 12.5. The number of benzene rings is 1. The summed E-state index contributed by atoms with van der Waals surface area (Å²) in [7, 11) is 3.59. The van der Waals surface area contributed by atoms with Gasteiger partial charge < -0.3 is 15.8 Å². The molecular weight excluding hydrogens is 437 g/mol. The highest BCUT2D eigenvalue weighted by atomic mass is 35.5. The van der Waals surface area contributed by atoms with Crippen LogP contribution < -0.4 is 15.8 Å². The molecule has 1 aromatic heterocycles. The van der Waals surface area contributed by atoms with E-state index in [1.807, 2.05) is 31.3 Å². The van der Waals surface area contributed by atoms with Crippen LogP contribution in [0.15, 0.2) is 36.5 Å². The van der Waals surface area contributed by atoms with E-state index >= 15 is 0 Å². The predicted octanol–water partition coefficient (Wildman–Crippen LogP) is 3.98. The molecule has 0 bridgehead atoms. The van der Waals surface area contributed by atoms with Gasteiger partial charge in [0.15, 0.2) is 5.78 Å². The zero-order valence-corrected chi connectivity index (χ0v) is 19.8. The molecule has 0 radical (unpaired) electrons. The van der Waals surface area contributed by atoms with Gasteiger partial charge in [-0.2, -0.15) is 0 Å². The minimum atomic E-state index is -0.567. The number of nitrogens with zero attached hydrogens (tertiary/aromatic N) is 1. The maximum Gasteiger partial charge on any atom is 0.223 e. The topological polar surface area (TPSA) is 94.3 Å². The summed E-state index contributed by atoms with van der Waals surface area (Å²) in [4.78, 5) is 28.3. The Morgan fingerprint density at radius 2 is 1.81 bits per heavy atom. The van der Waals surface area contributed by atoms with Gasteiger partial charge in [-0.3, -0.25) is 14.6 Å². The number of rotatable bonds is 7. The predicted molar refractivity (Wildman–Crippen MR) is 127 cm³/mol. The van der Waals surface area contributed by atoms with Gasteiger partial charge in [-0.15, -0.1) is 24.8 Å². The Morgan fingerprint density at radius 3 is 2.35 bits per heavy atom. The standard InChI is InChI=1S/C23H29N3O3.2ClH/c1-15(27)20-13-17(8-11-26-20)16-4-5-21(29-3)18(12-16)14-23(22(24)28)9-6-19(25-2)7-10-23;;/h4-5,8,11-13,19,25H,6-7,9-10,14H2,1-3H3,(H2,24,28);2*1H. The molecule has 1 saturated carbocycles. The normalized spacial score (nSPS) is 20.2. The Balaban J connectivity index is 0.00000240. The van der Waals surface area contributed by atoms with Crippen LogP contribution in [-0.2, 0) is 11.2 Å². The van der Waals surface area contributed by atoms with E-state index in [2.05, 4.69) is 10.3 Å². The van der Waals surface area contributed by atoms with Crippen LogP contribution in [0, 0.1) is 5.41 Å². The lowest BCUT2D eigenvalue weighted by Crippen LogP contribution is -2.45. The lowest BCUT2D eigenvalue weighted by molar-refractivity contribution is -0.129. The summed E-state index contributed by atoms with van der Waals surface area (Å²) in [5.74, 6) is 0.419. The van der Waals surface area contributed by atoms with E-state index in [9.17, 15) is 9.59 Å². The van der Waals surface area contributed by atoms with Crippen molar-refractivity contribution in [3.63, 3.8) is 0 Å². The summed E-state index contributed by atoms with van der Waals surface area (Å²) in [5, 5.41) is 3.30. The number of primary amides is 1. The lowest BCUT2D eigenvalue weighted by Gasteiger charge is -2.38. The molecule has 1 aromatic carbocycles. The van der Waals surface area contributed by atoms with Crippen molar-refractivity contribution in [2.45, 2.75) is 45.1 Å². The zero-order valence-electron chi connectivity index (χ0n) is 18.1. The number of hydrogen-bond donors (Lipinski definition) is 2. The zero-order chi connectivity index (χ0) is 21.0. The van der Waals surface area contributed by atoms with Gasteiger partial charge in [-0.25, -0.2) is 0 Å². The van der Waals surface area contributed by atoms with Gasteiger partial charge in [0.05, 0.1) is 12.5 Å². The van der Waals surface area contributed by atoms with Gasteiger partial charge in [-0.05, 0) is 80.1 Å². The summed E-state index contributed by atoms with van der Waals surface area (Å²) in [6.07, 6.45) is 5.54. The molecule has 6 nitrogen and oxygen atoms in total. The van der Waals surface area contributed by atoms with Crippen molar-refractivity contribution in [2.75, 3.05) is 14.2 Å². The smallest absolute Gasteiger partial charge is 0.223 e. The fourth-order valence-electron chi connectivity index (χ4n) is 4.23. The van der Waals surface area contributed by atoms with Crippen LogP contribution in [0.2, 0.25) is 0 Å². The third-order valence-corrected chi connectivity index (χ3v) is 6.14. The summed E-state index contributed by atoms with van der Waals surface area (Å²) in [6.45, 7) is 1.50. The van der Waals surface area contributed by atoms with E-state index in [-0.39, 0.29) is 36.5 Å². The van der Waals surface area contributed by atoms with Gasteiger partial charge in [-0.1, -0.05) is 6.07 Å². The Hall–Kier alpha value is -2.15. The number of ketones is 1. The quantitative estimate of drug-likeness (QED) is 0.600. The molecule has 1 aliphatic rings. The summed E-state index contributed by atoms with van der Waals surface area (Å²) < 4.78 is 5.58. The average Bonchev–Trinajstić information content (AvgIpc) is 2.74. The van der Waals surface area contributed by atoms with E-state index in [0.717, 1.165) is 48.1 Å². The molecule has 0 saturated heterocycles. The van der Waals surface area contributed by atoms with Crippen molar-refractivity contribution < 1.29 is 14.3 Å². The van der Waals surface area contributed by atoms with Crippen molar-refractivity contribution in [2.24, 2.45) is 11.1 Å². The van der Waals surface area contributed by atoms with Crippen LogP contribution in [-0.4, -0.2) is 36.9 Å². The van der Waals surface area contributed by atoms with Gasteiger partial charge in [0.2, 0.25) is 5.91 Å². The van der Waals surface area contributed by atoms with Crippen molar-refractivity contribution >= 4 is 36.5 Å². The molecule has 1 heterocycles. The maximum absolute atomic E-state index is 12.5. The Bertz CT molecular complexity index is 913. The fraction of sp³-hybridized carbons (Fsp3) is 0.435. The molecule has 3 N–H and O–H groups in total. The number of carbonyl (C=O) groups excluding carboxylic acids is 2. The molecule has 1 aliphatic carbocycles. The van der Waals surface area contributed by atoms with Gasteiger partial charge in [0.1, 0.15) is 11.4 Å². The Morgan fingerprint density at radius 1 is 1.16 bits per heavy atom. The highest BCUT2D eigenvalue weighted by Gasteiger charge is 2.40. The second-order valence-corrected chi connectivity index (χ2v) is 7.90. The van der Waals surface area contributed by atoms with E-state index in [1.54, 1.807) is 19.4 Å². The average molecular weight is 468 g/mol. The first kappa shape index (κ1) is 26.9. The second-order valence-electron chi connectivity index (χ2n) is 7.90. The van der Waals surface area contributed by atoms with Crippen molar-refractivity contribution in [1.82, 2.24) is 10.3 Å². The largest absolute Gasteiger partial charge is 0.496 e. The SMILES string of the molecule is CNC1CCC(Cc2cc(-c3ccnc(C(C)=O)c3)ccc2OC)(C(N)=O)CC1.Cl.Cl. The van der Waals surface area contributed by atoms with Crippen molar-refractivity contribution in [3.05, 3.63) is 47.8 Å². The number of amides is 1. The fourth-order valence-corrected chi connectivity index (χ4v) is 4.23. The number of nitrogens with two attached hydrogens (primary N) is 1. The van der Waals surface area contributed by atoms with Crippen LogP contribution in [0.3, 0.4) is 0 Å². The van der Waals surface area contributed by atoms with E-state index in [1.165, 1.54) is 6.92 Å². The molecule has 1 amide bonds. The molecule has 2 aromatic rings. The summed E-state index contributed by atoms with van der Waals surface area (Å²) in [5.41, 5.74) is 8.56. The summed E-state index contributed by atoms with van der Waals surface area (Å²) >= 11 is 0. The number of nitrogens with one attached hydrogen (secondary N) is 1. The monoisotopic (exact) mass is 467 g/mol. The van der Waals surface area contributed by atoms with Crippen molar-refractivity contribution in [3.8, 4) is 16.9 Å². The first-order valence-electron chi connectivity index (χ1n) is 10.00. The molecular formula is C23H31Cl2N3O3. The third-order valence-electron chi connectivity index (χ3n) is 6.14. The molecule has 170 valence electrons. The van der Waals surface area contributed by atoms with Crippen LogP contribution in [0.25, 0.3) is 11.1 Å². The number of carbonyl (C=O) groups is 2. The second kappa shape index (κ2) is 11.5. The highest BCUT2D eigenvalue weighted by molar-refractivity contribution is 5.93. The number of pyridine rings is 1. The molecule has 8 heteroatoms. The van der Waals surface area contributed by atoms with Gasteiger partial charge in [0, 0.05) is 19.2 Å². The molecule has 3 rings (SSSR count). The molecule has 31 heavy (non-hydrogen) atoms. The van der Waals surface area contributed by atoms with Crippen LogP contribution in [0.5, 0.6) is 5.75 Å². The minimum Gasteiger partial charge on any atom is -0.496 e. The lowest BCUT2D eigenvalue weighted by atomic mass is 9.68. The molecule has 0 unspecified atom stereocenters. The summed E-state index contributed by atoms with van der Waals surface area (Å²) in [6, 6.07) is 9.99. The molecule has 1 fully saturated rings. The van der Waals surface area contributed by atoms with Crippen LogP contribution in [0.1, 0.15) is 48.7 Å². The molecule has 0 aliphatic heterocycles. The van der Waals surface area contributed by atoms with Crippen LogP contribution >= 0.6 is 24.8 Å². The number of aromatic nitrogens is 1. The first-order valence-corrected chi connectivity index (χ1v) is 10.00. The highest BCUT2D eigenvalue weighted by Crippen LogP contribution is 2.41. The minimum absolute atomic E-state index is 0. The third kappa shape index (κ3) is 5.97. The Labute approximate surface area is 196 Å². The van der Waals surface area contributed by atoms with Crippen molar-refractivity contribution in [1.29, 1.82) is 0 Å². The van der Waals surface area contributed by atoms with E-state index in [4.69, 9.17) is 10.5 Å². The first-order chi connectivity index (χ1) is 13.9. The number of methoxy groups -OCH3 is 1. The molecule has 0 atom stereocenters. The molecule has 0 spiro atoms. The van der Waals surface area contributed by atoms with E-state index < -0.39 is 5.41 Å².